The van der Waals surface area contributed by atoms with Gasteiger partial charge in [-0.3, -0.25) is 0 Å². The highest BCUT2D eigenvalue weighted by Crippen LogP contribution is 2.21. The Labute approximate surface area is 121 Å². The summed E-state index contributed by atoms with van der Waals surface area (Å²) in [6, 6.07) is 6.19. The molecule has 1 atom stereocenters. The summed E-state index contributed by atoms with van der Waals surface area (Å²) in [4.78, 5) is 11.5. The van der Waals surface area contributed by atoms with E-state index in [-0.39, 0.29) is 19.4 Å². The second kappa shape index (κ2) is 7.87. The second-order valence-corrected chi connectivity index (χ2v) is 4.75. The fourth-order valence-electron chi connectivity index (χ4n) is 1.67. The number of carbonyl (C=O) groups excluding carboxylic acids is 1. The zero-order chi connectivity index (χ0) is 15.9. The fraction of sp³-hybridized carbons (Fsp3) is 0.500. The van der Waals surface area contributed by atoms with E-state index >= 15 is 0 Å². The van der Waals surface area contributed by atoms with Gasteiger partial charge < -0.3 is 15.7 Å². The molecule has 0 saturated heterocycles. The number of carbonyl (C=O) groups is 1. The Balaban J connectivity index is 2.24. The monoisotopic (exact) mass is 304 g/mol. The average molecular weight is 304 g/mol. The minimum Gasteiger partial charge on any atom is -0.389 e. The molecule has 0 saturated carbocycles. The number of urea groups is 1. The molecule has 1 rings (SSSR count). The van der Waals surface area contributed by atoms with Gasteiger partial charge in [0.05, 0.1) is 6.10 Å². The van der Waals surface area contributed by atoms with E-state index in [1.54, 1.807) is 31.2 Å². The maximum atomic E-state index is 11.9. The van der Waals surface area contributed by atoms with E-state index in [0.29, 0.717) is 5.69 Å². The molecule has 0 heterocycles. The van der Waals surface area contributed by atoms with E-state index in [2.05, 4.69) is 10.6 Å². The molecular formula is C14H19F3N2O2. The van der Waals surface area contributed by atoms with Gasteiger partial charge in [-0.05, 0) is 37.5 Å². The summed E-state index contributed by atoms with van der Waals surface area (Å²) in [6.07, 6.45) is -5.30. The zero-order valence-electron chi connectivity index (χ0n) is 11.7. The van der Waals surface area contributed by atoms with Gasteiger partial charge in [0.1, 0.15) is 0 Å². The van der Waals surface area contributed by atoms with Crippen molar-refractivity contribution >= 4 is 11.7 Å². The molecule has 2 amide bonds. The van der Waals surface area contributed by atoms with Crippen molar-refractivity contribution < 1.29 is 23.1 Å². The van der Waals surface area contributed by atoms with Crippen LogP contribution < -0.4 is 10.6 Å². The third-order valence-electron chi connectivity index (χ3n) is 2.82. The summed E-state index contributed by atoms with van der Waals surface area (Å²) in [5.41, 5.74) is 1.28. The molecule has 118 valence electrons. The van der Waals surface area contributed by atoms with Crippen LogP contribution in [0.5, 0.6) is 0 Å². The van der Waals surface area contributed by atoms with Crippen molar-refractivity contribution in [1.29, 1.82) is 0 Å². The molecular weight excluding hydrogens is 285 g/mol. The van der Waals surface area contributed by atoms with Gasteiger partial charge in [-0.25, -0.2) is 4.79 Å². The number of anilines is 1. The number of rotatable bonds is 6. The standard InChI is InChI=1S/C14H19F3N2O2/c1-10(20)11-4-6-12(7-5-11)19-13(21)18-9-3-2-8-14(15,16)17/h4-7,10,20H,2-3,8-9H2,1H3,(H2,18,19,21). The van der Waals surface area contributed by atoms with Crippen molar-refractivity contribution in [2.24, 2.45) is 0 Å². The molecule has 0 spiro atoms. The van der Waals surface area contributed by atoms with Crippen LogP contribution in [0.2, 0.25) is 0 Å². The Kier molecular flexibility index (Phi) is 6.48. The van der Waals surface area contributed by atoms with Gasteiger partial charge in [0.25, 0.3) is 0 Å². The van der Waals surface area contributed by atoms with Gasteiger partial charge in [-0.1, -0.05) is 12.1 Å². The third-order valence-corrected chi connectivity index (χ3v) is 2.82. The second-order valence-electron chi connectivity index (χ2n) is 4.75. The van der Waals surface area contributed by atoms with Crippen LogP contribution in [0.1, 0.15) is 37.9 Å². The van der Waals surface area contributed by atoms with E-state index in [4.69, 9.17) is 0 Å². The summed E-state index contributed by atoms with van der Waals surface area (Å²) >= 11 is 0. The number of aliphatic hydroxyl groups excluding tert-OH is 1. The predicted octanol–water partition coefficient (Wildman–Crippen LogP) is 3.59. The fourth-order valence-corrected chi connectivity index (χ4v) is 1.67. The van der Waals surface area contributed by atoms with Gasteiger partial charge in [0, 0.05) is 18.7 Å². The molecule has 3 N–H and O–H groups in total. The first kappa shape index (κ1) is 17.3. The van der Waals surface area contributed by atoms with Gasteiger partial charge in [-0.15, -0.1) is 0 Å². The normalized spacial score (nSPS) is 12.8. The first-order chi connectivity index (χ1) is 9.78. The number of halogens is 3. The van der Waals surface area contributed by atoms with E-state index < -0.39 is 24.7 Å². The number of unbranched alkanes of at least 4 members (excludes halogenated alkanes) is 1. The van der Waals surface area contributed by atoms with E-state index in [1.807, 2.05) is 0 Å². The molecule has 0 aliphatic rings. The van der Waals surface area contributed by atoms with Gasteiger partial charge in [0.15, 0.2) is 0 Å². The smallest absolute Gasteiger partial charge is 0.389 e. The molecule has 0 aliphatic heterocycles. The van der Waals surface area contributed by atoms with Crippen LogP contribution in [0.15, 0.2) is 24.3 Å². The number of alkyl halides is 3. The Morgan fingerprint density at radius 1 is 1.24 bits per heavy atom. The Hall–Kier alpha value is -1.76. The first-order valence-corrected chi connectivity index (χ1v) is 6.67. The number of hydrogen-bond donors (Lipinski definition) is 3. The molecule has 1 aromatic rings. The zero-order valence-corrected chi connectivity index (χ0v) is 11.7. The van der Waals surface area contributed by atoms with Crippen LogP contribution in [0.25, 0.3) is 0 Å². The quantitative estimate of drug-likeness (QED) is 0.703. The first-order valence-electron chi connectivity index (χ1n) is 6.67. The summed E-state index contributed by atoms with van der Waals surface area (Å²) < 4.78 is 35.7. The molecule has 1 aromatic carbocycles. The number of aliphatic hydroxyl groups is 1. The summed E-state index contributed by atoms with van der Waals surface area (Å²) in [7, 11) is 0. The molecule has 0 aliphatic carbocycles. The summed E-state index contributed by atoms with van der Waals surface area (Å²) in [6.45, 7) is 1.82. The molecule has 0 bridgehead atoms. The number of hydrogen-bond acceptors (Lipinski definition) is 2. The molecule has 1 unspecified atom stereocenters. The topological polar surface area (TPSA) is 61.4 Å². The van der Waals surface area contributed by atoms with Crippen LogP contribution in [-0.2, 0) is 0 Å². The van der Waals surface area contributed by atoms with E-state index in [1.165, 1.54) is 0 Å². The molecule has 7 heteroatoms. The average Bonchev–Trinajstić information content (AvgIpc) is 2.37. The largest absolute Gasteiger partial charge is 0.389 e. The minimum atomic E-state index is -4.14. The highest BCUT2D eigenvalue weighted by molar-refractivity contribution is 5.89. The lowest BCUT2D eigenvalue weighted by atomic mass is 10.1. The van der Waals surface area contributed by atoms with Gasteiger partial charge >= 0.3 is 12.2 Å². The maximum absolute atomic E-state index is 11.9. The lowest BCUT2D eigenvalue weighted by Gasteiger charge is -2.10. The maximum Gasteiger partial charge on any atom is 0.389 e. The Morgan fingerprint density at radius 2 is 1.86 bits per heavy atom. The van der Waals surface area contributed by atoms with Crippen LogP contribution in [0.3, 0.4) is 0 Å². The highest BCUT2D eigenvalue weighted by atomic mass is 19.4. The highest BCUT2D eigenvalue weighted by Gasteiger charge is 2.25. The molecule has 4 nitrogen and oxygen atoms in total. The van der Waals surface area contributed by atoms with Crippen molar-refractivity contribution in [2.75, 3.05) is 11.9 Å². The van der Waals surface area contributed by atoms with Gasteiger partial charge in [0.2, 0.25) is 0 Å². The van der Waals surface area contributed by atoms with Crippen molar-refractivity contribution in [3.63, 3.8) is 0 Å². The minimum absolute atomic E-state index is 0.00708. The Bertz CT molecular complexity index is 445. The van der Waals surface area contributed by atoms with E-state index in [9.17, 15) is 23.1 Å². The molecule has 0 fully saturated rings. The van der Waals surface area contributed by atoms with Crippen molar-refractivity contribution in [3.05, 3.63) is 29.8 Å². The van der Waals surface area contributed by atoms with Crippen LogP contribution >= 0.6 is 0 Å². The van der Waals surface area contributed by atoms with Crippen LogP contribution in [-0.4, -0.2) is 23.9 Å². The van der Waals surface area contributed by atoms with Crippen molar-refractivity contribution in [3.8, 4) is 0 Å². The number of benzene rings is 1. The van der Waals surface area contributed by atoms with Crippen LogP contribution in [0.4, 0.5) is 23.7 Å². The predicted molar refractivity (Wildman–Crippen MR) is 74.0 cm³/mol. The molecule has 21 heavy (non-hydrogen) atoms. The summed E-state index contributed by atoms with van der Waals surface area (Å²) in [5.74, 6) is 0. The Morgan fingerprint density at radius 3 is 2.38 bits per heavy atom. The SMILES string of the molecule is CC(O)c1ccc(NC(=O)NCCCCC(F)(F)F)cc1. The third kappa shape index (κ3) is 7.55. The number of nitrogens with one attached hydrogen (secondary N) is 2. The lowest BCUT2D eigenvalue weighted by molar-refractivity contribution is -0.135. The van der Waals surface area contributed by atoms with Gasteiger partial charge in [-0.2, -0.15) is 13.2 Å². The van der Waals surface area contributed by atoms with Crippen molar-refractivity contribution in [1.82, 2.24) is 5.32 Å². The number of amides is 2. The van der Waals surface area contributed by atoms with Crippen LogP contribution in [0, 0.1) is 0 Å². The van der Waals surface area contributed by atoms with Crippen molar-refractivity contribution in [2.45, 2.75) is 38.5 Å². The summed E-state index contributed by atoms with van der Waals surface area (Å²) in [5, 5.41) is 14.4. The molecule has 0 aromatic heterocycles. The van der Waals surface area contributed by atoms with E-state index in [0.717, 1.165) is 5.56 Å². The molecule has 0 radical (unpaired) electrons. The lowest BCUT2D eigenvalue weighted by Crippen LogP contribution is -2.29.